The molecule has 1 aromatic heterocycles. The van der Waals surface area contributed by atoms with E-state index in [9.17, 15) is 18.0 Å². The van der Waals surface area contributed by atoms with Crippen molar-refractivity contribution in [2.45, 2.75) is 33.0 Å². The third kappa shape index (κ3) is 3.79. The highest BCUT2D eigenvalue weighted by atomic mass is 35.5. The molecule has 1 atom stereocenters. The van der Waals surface area contributed by atoms with Gasteiger partial charge in [-0.3, -0.25) is 9.79 Å². The van der Waals surface area contributed by atoms with E-state index in [1.54, 1.807) is 31.7 Å². The first kappa shape index (κ1) is 22.2. The molecule has 0 fully saturated rings. The van der Waals surface area contributed by atoms with Crippen LogP contribution in [-0.4, -0.2) is 16.7 Å². The van der Waals surface area contributed by atoms with Gasteiger partial charge in [-0.2, -0.15) is 13.2 Å². The minimum atomic E-state index is -4.68. The van der Waals surface area contributed by atoms with Gasteiger partial charge in [0.25, 0.3) is 0 Å². The smallest absolute Gasteiger partial charge is 0.319 e. The molecule has 2 heterocycles. The molecular weight excluding hydrogens is 438 g/mol. The molecule has 2 aromatic rings. The fourth-order valence-electron chi connectivity index (χ4n) is 3.23. The first-order valence-electron chi connectivity index (χ1n) is 8.96. The van der Waals surface area contributed by atoms with E-state index in [0.29, 0.717) is 11.4 Å². The molecule has 4 nitrogen and oxygen atoms in total. The first-order chi connectivity index (χ1) is 14.0. The summed E-state index contributed by atoms with van der Waals surface area (Å²) in [6.45, 7) is 9.43. The number of nitrogens with zero attached hydrogens (tertiary/aromatic N) is 2. The summed E-state index contributed by atoms with van der Waals surface area (Å²) in [5.74, 6) is 0. The van der Waals surface area contributed by atoms with E-state index in [2.05, 4.69) is 16.6 Å². The zero-order valence-corrected chi connectivity index (χ0v) is 17.9. The molecule has 0 saturated carbocycles. The molecule has 30 heavy (non-hydrogen) atoms. The van der Waals surface area contributed by atoms with Crippen LogP contribution in [0.1, 0.15) is 37.6 Å². The minimum absolute atomic E-state index is 0.0157. The van der Waals surface area contributed by atoms with Crippen LogP contribution in [0.3, 0.4) is 0 Å². The van der Waals surface area contributed by atoms with Gasteiger partial charge in [-0.15, -0.1) is 0 Å². The molecule has 0 saturated heterocycles. The third-order valence-electron chi connectivity index (χ3n) is 4.87. The van der Waals surface area contributed by atoms with Gasteiger partial charge in [-0.1, -0.05) is 35.9 Å². The average Bonchev–Trinajstić information content (AvgIpc) is 2.77. The molecule has 0 bridgehead atoms. The van der Waals surface area contributed by atoms with Crippen molar-refractivity contribution in [2.24, 2.45) is 4.99 Å². The van der Waals surface area contributed by atoms with Gasteiger partial charge in [0.2, 0.25) is 5.56 Å². The topological polar surface area (TPSA) is 48.5 Å². The lowest BCUT2D eigenvalue weighted by Crippen LogP contribution is -2.25. The lowest BCUT2D eigenvalue weighted by Gasteiger charge is -2.30. The molecule has 1 aromatic carbocycles. The number of fused-ring (bicyclic) bond motifs is 1. The largest absolute Gasteiger partial charge is 0.417 e. The Kier molecular flexibility index (Phi) is 5.89. The van der Waals surface area contributed by atoms with E-state index in [0.717, 1.165) is 11.8 Å². The fraction of sp³-hybridized carbons (Fsp3) is 0.238. The maximum atomic E-state index is 13.6. The van der Waals surface area contributed by atoms with Crippen LogP contribution in [-0.2, 0) is 6.18 Å². The number of halogens is 5. The molecular formula is C21H18Cl2F3N3O. The highest BCUT2D eigenvalue weighted by Gasteiger charge is 2.38. The van der Waals surface area contributed by atoms with Crippen LogP contribution in [0.5, 0.6) is 0 Å². The van der Waals surface area contributed by atoms with E-state index in [4.69, 9.17) is 23.2 Å². The van der Waals surface area contributed by atoms with Crippen LogP contribution in [0.25, 0.3) is 0 Å². The number of anilines is 1. The summed E-state index contributed by atoms with van der Waals surface area (Å²) in [5, 5.41) is -0.405. The van der Waals surface area contributed by atoms with Gasteiger partial charge >= 0.3 is 6.18 Å². The standard InChI is InChI=1S/C21H18Cl2F3N3O/c1-5-10(2)29-12(4)11(3)27-20(19-14(22)7-9-16(30)28-19)17-15(29)8-6-13(18(17)23)21(24,25)26/h5-9,11H,4H2,1-3H3,(H,28,30)/b10-5-/t11-/m0/s1. The summed E-state index contributed by atoms with van der Waals surface area (Å²) in [5.41, 5.74) is 0.303. The van der Waals surface area contributed by atoms with Crippen molar-refractivity contribution in [2.75, 3.05) is 4.90 Å². The number of H-pyrrole nitrogens is 1. The van der Waals surface area contributed by atoms with Crippen LogP contribution < -0.4 is 10.5 Å². The van der Waals surface area contributed by atoms with Crippen molar-refractivity contribution in [1.29, 1.82) is 0 Å². The van der Waals surface area contributed by atoms with Crippen molar-refractivity contribution in [3.05, 3.63) is 85.5 Å². The van der Waals surface area contributed by atoms with E-state index in [1.165, 1.54) is 18.2 Å². The normalized spacial score (nSPS) is 17.5. The average molecular weight is 456 g/mol. The van der Waals surface area contributed by atoms with Crippen LogP contribution in [0.2, 0.25) is 10.0 Å². The third-order valence-corrected chi connectivity index (χ3v) is 5.58. The number of rotatable bonds is 2. The number of alkyl halides is 3. The van der Waals surface area contributed by atoms with Gasteiger partial charge < -0.3 is 9.88 Å². The van der Waals surface area contributed by atoms with Crippen molar-refractivity contribution in [3.8, 4) is 0 Å². The monoisotopic (exact) mass is 455 g/mol. The summed E-state index contributed by atoms with van der Waals surface area (Å²) in [6, 6.07) is 4.29. The fourth-order valence-corrected chi connectivity index (χ4v) is 3.79. The minimum Gasteiger partial charge on any atom is -0.319 e. The Morgan fingerprint density at radius 3 is 2.53 bits per heavy atom. The van der Waals surface area contributed by atoms with Crippen molar-refractivity contribution in [1.82, 2.24) is 4.98 Å². The van der Waals surface area contributed by atoms with Gasteiger partial charge in [0.05, 0.1) is 38.7 Å². The number of allylic oxidation sites excluding steroid dienone is 2. The predicted molar refractivity (Wildman–Crippen MR) is 115 cm³/mol. The molecule has 1 aliphatic heterocycles. The van der Waals surface area contributed by atoms with Crippen LogP contribution in [0.4, 0.5) is 18.9 Å². The quantitative estimate of drug-likeness (QED) is 0.587. The second kappa shape index (κ2) is 7.96. The second-order valence-electron chi connectivity index (χ2n) is 6.77. The van der Waals surface area contributed by atoms with E-state index >= 15 is 0 Å². The lowest BCUT2D eigenvalue weighted by atomic mass is 9.99. The second-order valence-corrected chi connectivity index (χ2v) is 7.56. The Morgan fingerprint density at radius 1 is 1.27 bits per heavy atom. The molecule has 3 rings (SSSR count). The maximum absolute atomic E-state index is 13.6. The molecule has 1 aliphatic rings. The molecule has 0 amide bonds. The number of hydrogen-bond donors (Lipinski definition) is 1. The zero-order valence-electron chi connectivity index (χ0n) is 16.4. The van der Waals surface area contributed by atoms with E-state index in [1.807, 2.05) is 0 Å². The Balaban J connectivity index is 2.48. The highest BCUT2D eigenvalue weighted by molar-refractivity contribution is 6.40. The van der Waals surface area contributed by atoms with Crippen LogP contribution >= 0.6 is 23.2 Å². The number of nitrogens with one attached hydrogen (secondary N) is 1. The molecule has 0 unspecified atom stereocenters. The summed E-state index contributed by atoms with van der Waals surface area (Å²) in [4.78, 5) is 20.8. The number of benzodiazepines with no additional fused rings is 1. The van der Waals surface area contributed by atoms with Gasteiger partial charge in [0.15, 0.2) is 0 Å². The number of benzene rings is 1. The highest BCUT2D eigenvalue weighted by Crippen LogP contribution is 2.44. The summed E-state index contributed by atoms with van der Waals surface area (Å²) in [7, 11) is 0. The Bertz CT molecular complexity index is 1150. The molecule has 0 aliphatic carbocycles. The number of aliphatic imine (C=N–C) groups is 1. The Hall–Kier alpha value is -2.51. The molecule has 9 heteroatoms. The van der Waals surface area contributed by atoms with Crippen LogP contribution in [0.15, 0.2) is 58.1 Å². The summed E-state index contributed by atoms with van der Waals surface area (Å²) in [6.07, 6.45) is -2.88. The zero-order chi connectivity index (χ0) is 22.4. The predicted octanol–water partition coefficient (Wildman–Crippen LogP) is 6.18. The van der Waals surface area contributed by atoms with Crippen molar-refractivity contribution in [3.63, 3.8) is 0 Å². The summed E-state index contributed by atoms with van der Waals surface area (Å²) >= 11 is 12.6. The molecule has 1 N–H and O–H groups in total. The molecule has 158 valence electrons. The van der Waals surface area contributed by atoms with E-state index in [-0.39, 0.29) is 22.0 Å². The molecule has 0 radical (unpaired) electrons. The van der Waals surface area contributed by atoms with Gasteiger partial charge in [-0.05, 0) is 39.0 Å². The van der Waals surface area contributed by atoms with Gasteiger partial charge in [-0.25, -0.2) is 0 Å². The number of aromatic amines is 1. The SMILES string of the molecule is C=C1[C@H](C)N=C(c2[nH]c(=O)ccc2Cl)c2c(ccc(C(F)(F)F)c2Cl)N1/C(C)=C\C. The Morgan fingerprint density at radius 2 is 1.93 bits per heavy atom. The summed E-state index contributed by atoms with van der Waals surface area (Å²) < 4.78 is 40.9. The van der Waals surface area contributed by atoms with Crippen molar-refractivity contribution < 1.29 is 13.2 Å². The number of pyridine rings is 1. The van der Waals surface area contributed by atoms with Crippen LogP contribution in [0, 0.1) is 0 Å². The van der Waals surface area contributed by atoms with Crippen molar-refractivity contribution >= 4 is 34.6 Å². The first-order valence-corrected chi connectivity index (χ1v) is 9.71. The maximum Gasteiger partial charge on any atom is 0.417 e. The lowest BCUT2D eigenvalue weighted by molar-refractivity contribution is -0.137. The number of aromatic nitrogens is 1. The van der Waals surface area contributed by atoms with E-state index < -0.39 is 28.4 Å². The molecule has 0 spiro atoms. The Labute approximate surface area is 181 Å². The number of hydrogen-bond acceptors (Lipinski definition) is 3. The van der Waals surface area contributed by atoms with Gasteiger partial charge in [0, 0.05) is 23.0 Å². The van der Waals surface area contributed by atoms with Gasteiger partial charge in [0.1, 0.15) is 0 Å².